The van der Waals surface area contributed by atoms with E-state index >= 15 is 0 Å². The van der Waals surface area contributed by atoms with Crippen LogP contribution in [0.2, 0.25) is 0 Å². The van der Waals surface area contributed by atoms with E-state index in [1.165, 1.54) is 0 Å². The van der Waals surface area contributed by atoms with Gasteiger partial charge in [-0.3, -0.25) is 0 Å². The Hall–Kier alpha value is -0.200. The molecule has 0 aromatic heterocycles. The third kappa shape index (κ3) is 11.9. The van der Waals surface area contributed by atoms with E-state index in [1.54, 1.807) is 7.11 Å². The molecule has 5 nitrogen and oxygen atoms in total. The lowest BCUT2D eigenvalue weighted by Crippen LogP contribution is -2.25. The van der Waals surface area contributed by atoms with Gasteiger partial charge in [-0.2, -0.15) is 0 Å². The molecule has 0 amide bonds. The molecule has 0 aliphatic carbocycles. The van der Waals surface area contributed by atoms with Crippen molar-refractivity contribution in [2.45, 2.75) is 13.0 Å². The van der Waals surface area contributed by atoms with Crippen LogP contribution in [0.4, 0.5) is 0 Å². The van der Waals surface area contributed by atoms with Gasteiger partial charge in [-0.15, -0.1) is 0 Å². The standard InChI is InChI=1S/C11H25NO4/c1-11(10-12-2)16-9-8-15-7-6-14-5-4-13-3/h11-12H,4-10H2,1-3H3. The Morgan fingerprint density at radius 2 is 1.50 bits per heavy atom. The fourth-order valence-electron chi connectivity index (χ4n) is 1.12. The largest absolute Gasteiger partial charge is 0.382 e. The SMILES string of the molecule is CNCC(C)OCCOCCOCCOC. The number of ether oxygens (including phenoxy) is 4. The summed E-state index contributed by atoms with van der Waals surface area (Å²) >= 11 is 0. The number of rotatable bonds is 12. The monoisotopic (exact) mass is 235 g/mol. The van der Waals surface area contributed by atoms with Crippen LogP contribution in [0.1, 0.15) is 6.92 Å². The van der Waals surface area contributed by atoms with Gasteiger partial charge >= 0.3 is 0 Å². The topological polar surface area (TPSA) is 49.0 Å². The highest BCUT2D eigenvalue weighted by atomic mass is 16.6. The predicted octanol–water partition coefficient (Wildman–Crippen LogP) is 0.291. The van der Waals surface area contributed by atoms with Gasteiger partial charge in [-0.05, 0) is 14.0 Å². The first-order valence-corrected chi connectivity index (χ1v) is 5.72. The Morgan fingerprint density at radius 1 is 0.938 bits per heavy atom. The lowest BCUT2D eigenvalue weighted by molar-refractivity contribution is -0.0112. The van der Waals surface area contributed by atoms with E-state index in [0.29, 0.717) is 39.6 Å². The summed E-state index contributed by atoms with van der Waals surface area (Å²) in [6.07, 6.45) is 0.228. The number of methoxy groups -OCH3 is 1. The molecule has 0 aliphatic rings. The maximum Gasteiger partial charge on any atom is 0.0704 e. The van der Waals surface area contributed by atoms with Crippen LogP contribution in [0.3, 0.4) is 0 Å². The number of hydrogen-bond acceptors (Lipinski definition) is 5. The van der Waals surface area contributed by atoms with E-state index < -0.39 is 0 Å². The van der Waals surface area contributed by atoms with Crippen molar-refractivity contribution < 1.29 is 18.9 Å². The molecule has 16 heavy (non-hydrogen) atoms. The summed E-state index contributed by atoms with van der Waals surface area (Å²) in [5, 5.41) is 3.05. The molecule has 0 aliphatic heterocycles. The van der Waals surface area contributed by atoms with Crippen molar-refractivity contribution in [3.8, 4) is 0 Å². The smallest absolute Gasteiger partial charge is 0.0704 e. The first kappa shape index (κ1) is 15.8. The molecule has 0 radical (unpaired) electrons. The summed E-state index contributed by atoms with van der Waals surface area (Å²) in [7, 11) is 3.57. The Bertz CT molecular complexity index is 135. The molecule has 0 saturated heterocycles. The van der Waals surface area contributed by atoms with E-state index in [1.807, 2.05) is 14.0 Å². The zero-order valence-corrected chi connectivity index (χ0v) is 10.7. The predicted molar refractivity (Wildman–Crippen MR) is 62.9 cm³/mol. The van der Waals surface area contributed by atoms with Crippen LogP contribution in [0.15, 0.2) is 0 Å². The minimum atomic E-state index is 0.228. The molecule has 0 aromatic rings. The fourth-order valence-corrected chi connectivity index (χ4v) is 1.12. The van der Waals surface area contributed by atoms with Crippen LogP contribution in [-0.4, -0.2) is 66.4 Å². The van der Waals surface area contributed by atoms with Gasteiger partial charge in [-0.1, -0.05) is 0 Å². The van der Waals surface area contributed by atoms with Crippen molar-refractivity contribution in [2.75, 3.05) is 60.3 Å². The van der Waals surface area contributed by atoms with Crippen LogP contribution < -0.4 is 5.32 Å². The van der Waals surface area contributed by atoms with Crippen LogP contribution in [0, 0.1) is 0 Å². The van der Waals surface area contributed by atoms with Crippen LogP contribution in [0.5, 0.6) is 0 Å². The molecule has 0 spiro atoms. The average molecular weight is 235 g/mol. The lowest BCUT2D eigenvalue weighted by atomic mass is 10.4. The summed E-state index contributed by atoms with van der Waals surface area (Å²) < 4.78 is 20.9. The molecule has 0 fully saturated rings. The van der Waals surface area contributed by atoms with E-state index in [9.17, 15) is 0 Å². The molecular weight excluding hydrogens is 210 g/mol. The average Bonchev–Trinajstić information content (AvgIpc) is 2.27. The van der Waals surface area contributed by atoms with Gasteiger partial charge in [0, 0.05) is 13.7 Å². The molecule has 5 heteroatoms. The second-order valence-corrected chi connectivity index (χ2v) is 3.46. The number of nitrogens with one attached hydrogen (secondary N) is 1. The number of likely N-dealkylation sites (N-methyl/N-ethyl adjacent to an activating group) is 1. The maximum absolute atomic E-state index is 5.48. The van der Waals surface area contributed by atoms with Gasteiger partial charge in [0.15, 0.2) is 0 Å². The van der Waals surface area contributed by atoms with E-state index in [-0.39, 0.29) is 6.10 Å². The summed E-state index contributed by atoms with van der Waals surface area (Å²) in [5.41, 5.74) is 0. The second kappa shape index (κ2) is 12.9. The quantitative estimate of drug-likeness (QED) is 0.493. The molecule has 1 N–H and O–H groups in total. The zero-order chi connectivity index (χ0) is 12.1. The van der Waals surface area contributed by atoms with Gasteiger partial charge in [0.25, 0.3) is 0 Å². The minimum absolute atomic E-state index is 0.228. The van der Waals surface area contributed by atoms with Gasteiger partial charge in [0.1, 0.15) is 0 Å². The Labute approximate surface area is 98.4 Å². The maximum atomic E-state index is 5.48. The van der Waals surface area contributed by atoms with Crippen molar-refractivity contribution in [2.24, 2.45) is 0 Å². The summed E-state index contributed by atoms with van der Waals surface area (Å²) in [6.45, 7) is 6.59. The van der Waals surface area contributed by atoms with Crippen molar-refractivity contribution >= 4 is 0 Å². The fraction of sp³-hybridized carbons (Fsp3) is 1.00. The van der Waals surface area contributed by atoms with Gasteiger partial charge < -0.3 is 24.3 Å². The highest BCUT2D eigenvalue weighted by molar-refractivity contribution is 4.50. The molecule has 0 rings (SSSR count). The molecule has 1 unspecified atom stereocenters. The van der Waals surface area contributed by atoms with Crippen molar-refractivity contribution in [1.29, 1.82) is 0 Å². The first-order chi connectivity index (χ1) is 7.81. The van der Waals surface area contributed by atoms with Crippen LogP contribution >= 0.6 is 0 Å². The number of hydrogen-bond donors (Lipinski definition) is 1. The van der Waals surface area contributed by atoms with Gasteiger partial charge in [0.05, 0.1) is 45.7 Å². The van der Waals surface area contributed by atoms with Gasteiger partial charge in [-0.25, -0.2) is 0 Å². The van der Waals surface area contributed by atoms with E-state index in [4.69, 9.17) is 18.9 Å². The minimum Gasteiger partial charge on any atom is -0.382 e. The summed E-state index contributed by atoms with van der Waals surface area (Å²) in [6, 6.07) is 0. The van der Waals surface area contributed by atoms with Crippen molar-refractivity contribution in [1.82, 2.24) is 5.32 Å². The highest BCUT2D eigenvalue weighted by Crippen LogP contribution is 1.88. The van der Waals surface area contributed by atoms with Crippen molar-refractivity contribution in [3.63, 3.8) is 0 Å². The molecule has 0 aromatic carbocycles. The summed E-state index contributed by atoms with van der Waals surface area (Å²) in [5.74, 6) is 0. The molecule has 0 saturated carbocycles. The molecular formula is C11H25NO4. The second-order valence-electron chi connectivity index (χ2n) is 3.46. The van der Waals surface area contributed by atoms with Crippen molar-refractivity contribution in [3.05, 3.63) is 0 Å². The molecule has 98 valence electrons. The molecule has 0 heterocycles. The zero-order valence-electron chi connectivity index (χ0n) is 10.7. The van der Waals surface area contributed by atoms with Crippen LogP contribution in [-0.2, 0) is 18.9 Å². The van der Waals surface area contributed by atoms with Crippen LogP contribution in [0.25, 0.3) is 0 Å². The van der Waals surface area contributed by atoms with Gasteiger partial charge in [0.2, 0.25) is 0 Å². The van der Waals surface area contributed by atoms with E-state index in [2.05, 4.69) is 5.32 Å². The summed E-state index contributed by atoms with van der Waals surface area (Å²) in [4.78, 5) is 0. The molecule has 1 atom stereocenters. The Balaban J connectivity index is 2.98. The Morgan fingerprint density at radius 3 is 2.06 bits per heavy atom. The molecule has 0 bridgehead atoms. The lowest BCUT2D eigenvalue weighted by Gasteiger charge is -2.12. The normalized spacial score (nSPS) is 12.9. The third-order valence-corrected chi connectivity index (χ3v) is 1.93. The Kier molecular flexibility index (Phi) is 12.7. The first-order valence-electron chi connectivity index (χ1n) is 5.72. The third-order valence-electron chi connectivity index (χ3n) is 1.93. The van der Waals surface area contributed by atoms with E-state index in [0.717, 1.165) is 6.54 Å². The highest BCUT2D eigenvalue weighted by Gasteiger charge is 1.99.